The Hall–Kier alpha value is -1.69. The normalized spacial score (nSPS) is 13.7. The third kappa shape index (κ3) is 3.76. The van der Waals surface area contributed by atoms with Gasteiger partial charge in [-0.25, -0.2) is 0 Å². The van der Waals surface area contributed by atoms with Crippen molar-refractivity contribution in [3.8, 4) is 0 Å². The van der Waals surface area contributed by atoms with Crippen LogP contribution in [0.4, 0.5) is 0 Å². The molecule has 2 aromatic carbocycles. The lowest BCUT2D eigenvalue weighted by Gasteiger charge is -2.16. The molecule has 1 fully saturated rings. The van der Waals surface area contributed by atoms with Crippen LogP contribution in [0.1, 0.15) is 51.5 Å². The van der Waals surface area contributed by atoms with Crippen LogP contribution in [-0.2, 0) is 6.42 Å². The third-order valence-electron chi connectivity index (χ3n) is 5.03. The van der Waals surface area contributed by atoms with Crippen LogP contribution >= 0.6 is 35.1 Å². The number of thioether (sulfide) groups is 2. The van der Waals surface area contributed by atoms with E-state index in [-0.39, 0.29) is 5.78 Å². The summed E-state index contributed by atoms with van der Waals surface area (Å²) in [5.74, 6) is 0.317. The molecule has 0 radical (unpaired) electrons. The maximum absolute atomic E-state index is 13.4. The predicted molar refractivity (Wildman–Crippen MR) is 116 cm³/mol. The van der Waals surface area contributed by atoms with E-state index in [0.29, 0.717) is 28.5 Å². The first-order valence-electron chi connectivity index (χ1n) is 9.10. The van der Waals surface area contributed by atoms with Crippen molar-refractivity contribution in [3.63, 3.8) is 0 Å². The molecule has 1 aromatic heterocycles. The molecule has 6 heteroatoms. The van der Waals surface area contributed by atoms with Crippen molar-refractivity contribution in [1.82, 2.24) is 5.16 Å². The standard InChI is InChI=1S/C22H20ClNO2S2/c1-27-19-6-4-3-5-14(19)11-16-15(9-10-18(23)22(16)28-2)21(25)17-12-26-24-20(17)13-7-8-13/h3-6,9-10,12-13H,7-8,11H2,1-2H3. The van der Waals surface area contributed by atoms with Crippen molar-refractivity contribution in [3.05, 3.63) is 75.6 Å². The number of hydrogen-bond donors (Lipinski definition) is 0. The van der Waals surface area contributed by atoms with Gasteiger partial charge in [0, 0.05) is 27.7 Å². The van der Waals surface area contributed by atoms with Crippen LogP contribution in [0.5, 0.6) is 0 Å². The molecule has 4 rings (SSSR count). The molecule has 0 bridgehead atoms. The molecule has 0 atom stereocenters. The molecule has 3 aromatic rings. The van der Waals surface area contributed by atoms with Gasteiger partial charge in [-0.2, -0.15) is 0 Å². The second-order valence-electron chi connectivity index (χ2n) is 6.81. The van der Waals surface area contributed by atoms with Gasteiger partial charge in [-0.1, -0.05) is 35.0 Å². The molecule has 28 heavy (non-hydrogen) atoms. The number of hydrogen-bond acceptors (Lipinski definition) is 5. The summed E-state index contributed by atoms with van der Waals surface area (Å²) in [6.45, 7) is 0. The van der Waals surface area contributed by atoms with Crippen molar-refractivity contribution in [2.45, 2.75) is 35.0 Å². The zero-order valence-electron chi connectivity index (χ0n) is 15.7. The van der Waals surface area contributed by atoms with E-state index in [2.05, 4.69) is 23.5 Å². The summed E-state index contributed by atoms with van der Waals surface area (Å²) < 4.78 is 5.16. The van der Waals surface area contributed by atoms with Crippen LogP contribution in [0.15, 0.2) is 57.0 Å². The lowest BCUT2D eigenvalue weighted by molar-refractivity contribution is 0.103. The van der Waals surface area contributed by atoms with Crippen LogP contribution in [-0.4, -0.2) is 23.5 Å². The minimum Gasteiger partial charge on any atom is -0.364 e. The Balaban J connectivity index is 1.81. The van der Waals surface area contributed by atoms with Gasteiger partial charge in [-0.05, 0) is 54.7 Å². The van der Waals surface area contributed by atoms with Crippen molar-refractivity contribution in [2.75, 3.05) is 12.5 Å². The van der Waals surface area contributed by atoms with Crippen LogP contribution < -0.4 is 0 Å². The summed E-state index contributed by atoms with van der Waals surface area (Å²) in [4.78, 5) is 15.6. The quantitative estimate of drug-likeness (QED) is 0.318. The third-order valence-corrected chi connectivity index (χ3v) is 7.17. The van der Waals surface area contributed by atoms with Crippen molar-refractivity contribution in [2.24, 2.45) is 0 Å². The molecule has 0 spiro atoms. The summed E-state index contributed by atoms with van der Waals surface area (Å²) in [7, 11) is 0. The molecule has 0 aliphatic heterocycles. The summed E-state index contributed by atoms with van der Waals surface area (Å²) >= 11 is 9.78. The summed E-state index contributed by atoms with van der Waals surface area (Å²) in [6.07, 6.45) is 8.34. The number of ketones is 1. The van der Waals surface area contributed by atoms with Gasteiger partial charge in [-0.3, -0.25) is 4.79 Å². The highest BCUT2D eigenvalue weighted by atomic mass is 35.5. The molecule has 0 N–H and O–H groups in total. The minimum absolute atomic E-state index is 0.0354. The number of halogens is 1. The smallest absolute Gasteiger partial charge is 0.198 e. The highest BCUT2D eigenvalue weighted by molar-refractivity contribution is 7.99. The van der Waals surface area contributed by atoms with E-state index in [9.17, 15) is 4.79 Å². The number of carbonyl (C=O) groups is 1. The highest BCUT2D eigenvalue weighted by Crippen LogP contribution is 2.42. The number of rotatable bonds is 7. The van der Waals surface area contributed by atoms with Gasteiger partial charge in [0.25, 0.3) is 0 Å². The summed E-state index contributed by atoms with van der Waals surface area (Å²) in [5, 5.41) is 4.77. The minimum atomic E-state index is -0.0354. The zero-order chi connectivity index (χ0) is 19.7. The van der Waals surface area contributed by atoms with Crippen LogP contribution in [0, 0.1) is 0 Å². The van der Waals surface area contributed by atoms with E-state index in [4.69, 9.17) is 16.1 Å². The molecular weight excluding hydrogens is 410 g/mol. The van der Waals surface area contributed by atoms with E-state index < -0.39 is 0 Å². The SMILES string of the molecule is CSc1ccccc1Cc1c(C(=O)c2conc2C2CC2)ccc(Cl)c1SC. The molecule has 3 nitrogen and oxygen atoms in total. The second kappa shape index (κ2) is 8.36. The Kier molecular flexibility index (Phi) is 5.85. The largest absolute Gasteiger partial charge is 0.364 e. The summed E-state index contributed by atoms with van der Waals surface area (Å²) in [5.41, 5.74) is 4.20. The van der Waals surface area contributed by atoms with Crippen molar-refractivity contribution < 1.29 is 9.32 Å². The van der Waals surface area contributed by atoms with Gasteiger partial charge in [0.05, 0.1) is 16.3 Å². The molecule has 144 valence electrons. The molecule has 0 unspecified atom stereocenters. The van der Waals surface area contributed by atoms with E-state index in [0.717, 1.165) is 29.0 Å². The van der Waals surface area contributed by atoms with Crippen LogP contribution in [0.3, 0.4) is 0 Å². The monoisotopic (exact) mass is 429 g/mol. The average Bonchev–Trinajstić information content (AvgIpc) is 3.44. The molecule has 1 heterocycles. The summed E-state index contributed by atoms with van der Waals surface area (Å²) in [6, 6.07) is 11.9. The van der Waals surface area contributed by atoms with Crippen molar-refractivity contribution >= 4 is 40.9 Å². The number of carbonyl (C=O) groups excluding carboxylic acids is 1. The zero-order valence-corrected chi connectivity index (χ0v) is 18.1. The Morgan fingerprint density at radius 1 is 1.14 bits per heavy atom. The van der Waals surface area contributed by atoms with Crippen LogP contribution in [0.25, 0.3) is 0 Å². The number of benzene rings is 2. The Morgan fingerprint density at radius 3 is 2.64 bits per heavy atom. The van der Waals surface area contributed by atoms with E-state index in [1.807, 2.05) is 30.5 Å². The van der Waals surface area contributed by atoms with Gasteiger partial charge in [0.1, 0.15) is 6.26 Å². The van der Waals surface area contributed by atoms with Crippen LogP contribution in [0.2, 0.25) is 5.02 Å². The van der Waals surface area contributed by atoms with E-state index >= 15 is 0 Å². The molecule has 1 saturated carbocycles. The van der Waals surface area contributed by atoms with Crippen molar-refractivity contribution in [1.29, 1.82) is 0 Å². The van der Waals surface area contributed by atoms with Gasteiger partial charge >= 0.3 is 0 Å². The molecule has 1 aliphatic rings. The fourth-order valence-electron chi connectivity index (χ4n) is 3.46. The predicted octanol–water partition coefficient (Wildman–Crippen LogP) is 6.47. The first-order chi connectivity index (χ1) is 13.6. The van der Waals surface area contributed by atoms with Gasteiger partial charge in [0.15, 0.2) is 5.78 Å². The fourth-order valence-corrected chi connectivity index (χ4v) is 5.18. The molecule has 1 aliphatic carbocycles. The Labute approximate surface area is 178 Å². The highest BCUT2D eigenvalue weighted by Gasteiger charge is 2.33. The van der Waals surface area contributed by atoms with E-state index in [1.165, 1.54) is 16.7 Å². The average molecular weight is 430 g/mol. The first-order valence-corrected chi connectivity index (χ1v) is 11.9. The molecular formula is C22H20ClNO2S2. The van der Waals surface area contributed by atoms with E-state index in [1.54, 1.807) is 23.5 Å². The topological polar surface area (TPSA) is 43.1 Å². The Morgan fingerprint density at radius 2 is 1.93 bits per heavy atom. The molecule has 0 amide bonds. The number of aromatic nitrogens is 1. The van der Waals surface area contributed by atoms with Gasteiger partial charge < -0.3 is 4.52 Å². The lowest BCUT2D eigenvalue weighted by Crippen LogP contribution is -2.09. The number of nitrogens with zero attached hydrogens (tertiary/aromatic N) is 1. The maximum atomic E-state index is 13.4. The van der Waals surface area contributed by atoms with Gasteiger partial charge in [0.2, 0.25) is 0 Å². The Bertz CT molecular complexity index is 1030. The first kappa shape index (κ1) is 19.6. The fraction of sp³-hybridized carbons (Fsp3) is 0.273. The molecule has 0 saturated heterocycles. The maximum Gasteiger partial charge on any atom is 0.198 e. The lowest BCUT2D eigenvalue weighted by atomic mass is 9.93. The van der Waals surface area contributed by atoms with Gasteiger partial charge in [-0.15, -0.1) is 23.5 Å². The second-order valence-corrected chi connectivity index (χ2v) is 8.88.